The third-order valence-electron chi connectivity index (χ3n) is 4.05. The molecule has 3 rings (SSSR count). The Hall–Kier alpha value is -1.35. The lowest BCUT2D eigenvalue weighted by Crippen LogP contribution is -2.38. The van der Waals surface area contributed by atoms with Crippen molar-refractivity contribution in [2.75, 3.05) is 0 Å². The lowest BCUT2D eigenvalue weighted by Gasteiger charge is -2.14. The molecule has 1 atom stereocenters. The van der Waals surface area contributed by atoms with Crippen LogP contribution in [0.5, 0.6) is 0 Å². The molecule has 0 spiro atoms. The zero-order valence-corrected chi connectivity index (χ0v) is 10.5. The van der Waals surface area contributed by atoms with E-state index in [9.17, 15) is 4.79 Å². The molecule has 3 nitrogen and oxygen atoms in total. The molecular weight excluding hydrogens is 226 g/mol. The number of carboxylic acids is 1. The first-order valence-electron chi connectivity index (χ1n) is 6.81. The molecule has 0 amide bonds. The molecule has 18 heavy (non-hydrogen) atoms. The highest BCUT2D eigenvalue weighted by Crippen LogP contribution is 2.33. The van der Waals surface area contributed by atoms with Crippen molar-refractivity contribution < 1.29 is 9.90 Å². The van der Waals surface area contributed by atoms with Crippen molar-refractivity contribution in [3.8, 4) is 0 Å². The van der Waals surface area contributed by atoms with E-state index in [1.54, 1.807) is 0 Å². The highest BCUT2D eigenvalue weighted by Gasteiger charge is 2.35. The lowest BCUT2D eigenvalue weighted by atomic mass is 10.1. The topological polar surface area (TPSA) is 49.3 Å². The van der Waals surface area contributed by atoms with Gasteiger partial charge in [0.05, 0.1) is 0 Å². The summed E-state index contributed by atoms with van der Waals surface area (Å²) in [5.74, 6) is -0.365. The Kier molecular flexibility index (Phi) is 3.08. The summed E-state index contributed by atoms with van der Waals surface area (Å²) in [6.07, 6.45) is 5.73. The third kappa shape index (κ3) is 2.41. The summed E-state index contributed by atoms with van der Waals surface area (Å²) in [7, 11) is 0. The number of hydrogen-bond donors (Lipinski definition) is 2. The lowest BCUT2D eigenvalue weighted by molar-refractivity contribution is -0.140. The summed E-state index contributed by atoms with van der Waals surface area (Å²) in [6.45, 7) is 0.667. The smallest absolute Gasteiger partial charge is 0.320 e. The van der Waals surface area contributed by atoms with Gasteiger partial charge in [0.15, 0.2) is 0 Å². The molecule has 1 aromatic carbocycles. The predicted molar refractivity (Wildman–Crippen MR) is 69.5 cm³/mol. The maximum absolute atomic E-state index is 11.1. The van der Waals surface area contributed by atoms with Crippen molar-refractivity contribution in [1.29, 1.82) is 0 Å². The Morgan fingerprint density at radius 3 is 2.83 bits per heavy atom. The van der Waals surface area contributed by atoms with Gasteiger partial charge in [-0.1, -0.05) is 18.2 Å². The first-order chi connectivity index (χ1) is 8.74. The van der Waals surface area contributed by atoms with E-state index in [0.29, 0.717) is 12.5 Å². The van der Waals surface area contributed by atoms with Crippen LogP contribution in [0.15, 0.2) is 18.2 Å². The molecule has 0 aromatic heterocycles. The number of carboxylic acid groups (broad SMARTS) is 1. The summed E-state index contributed by atoms with van der Waals surface area (Å²) in [5.41, 5.74) is 4.13. The van der Waals surface area contributed by atoms with E-state index in [1.807, 2.05) is 0 Å². The molecule has 0 heterocycles. The van der Waals surface area contributed by atoms with Crippen LogP contribution in [0, 0.1) is 5.92 Å². The minimum Gasteiger partial charge on any atom is -0.480 e. The minimum absolute atomic E-state index is 0.344. The fourth-order valence-corrected chi connectivity index (χ4v) is 2.85. The molecule has 3 heteroatoms. The van der Waals surface area contributed by atoms with Gasteiger partial charge < -0.3 is 10.4 Å². The molecule has 2 aliphatic rings. The zero-order chi connectivity index (χ0) is 12.5. The monoisotopic (exact) mass is 245 g/mol. The van der Waals surface area contributed by atoms with E-state index in [2.05, 4.69) is 23.5 Å². The second-order valence-corrected chi connectivity index (χ2v) is 5.49. The van der Waals surface area contributed by atoms with Crippen molar-refractivity contribution in [3.63, 3.8) is 0 Å². The van der Waals surface area contributed by atoms with Crippen molar-refractivity contribution in [2.24, 2.45) is 5.92 Å². The predicted octanol–water partition coefficient (Wildman–Crippen LogP) is 2.13. The summed E-state index contributed by atoms with van der Waals surface area (Å²) >= 11 is 0. The minimum atomic E-state index is -0.710. The van der Waals surface area contributed by atoms with E-state index in [0.717, 1.165) is 12.8 Å². The quantitative estimate of drug-likeness (QED) is 0.835. The molecule has 1 unspecified atom stereocenters. The first kappa shape index (κ1) is 11.7. The van der Waals surface area contributed by atoms with E-state index in [1.165, 1.54) is 36.0 Å². The van der Waals surface area contributed by atoms with Gasteiger partial charge in [-0.2, -0.15) is 0 Å². The SMILES string of the molecule is O=C(O)C(NCc1ccc2c(c1)CCC2)C1CC1. The average Bonchev–Trinajstić information content (AvgIpc) is 3.07. The number of aryl methyl sites for hydroxylation is 2. The van der Waals surface area contributed by atoms with Crippen LogP contribution in [0.2, 0.25) is 0 Å². The molecule has 0 bridgehead atoms. The largest absolute Gasteiger partial charge is 0.480 e. The van der Waals surface area contributed by atoms with Gasteiger partial charge in [0, 0.05) is 6.54 Å². The van der Waals surface area contributed by atoms with Crippen molar-refractivity contribution in [1.82, 2.24) is 5.32 Å². The van der Waals surface area contributed by atoms with Crippen LogP contribution in [-0.2, 0) is 24.2 Å². The fraction of sp³-hybridized carbons (Fsp3) is 0.533. The maximum Gasteiger partial charge on any atom is 0.320 e. The van der Waals surface area contributed by atoms with Crippen LogP contribution in [0.25, 0.3) is 0 Å². The number of hydrogen-bond acceptors (Lipinski definition) is 2. The van der Waals surface area contributed by atoms with E-state index in [4.69, 9.17) is 5.11 Å². The molecule has 2 aliphatic carbocycles. The van der Waals surface area contributed by atoms with Gasteiger partial charge in [-0.3, -0.25) is 4.79 Å². The van der Waals surface area contributed by atoms with Gasteiger partial charge in [0.25, 0.3) is 0 Å². The third-order valence-corrected chi connectivity index (χ3v) is 4.05. The summed E-state index contributed by atoms with van der Waals surface area (Å²) < 4.78 is 0. The molecule has 0 radical (unpaired) electrons. The van der Waals surface area contributed by atoms with Gasteiger partial charge in [-0.15, -0.1) is 0 Å². The van der Waals surface area contributed by atoms with Gasteiger partial charge in [-0.25, -0.2) is 0 Å². The number of benzene rings is 1. The molecule has 0 saturated heterocycles. The van der Waals surface area contributed by atoms with Crippen LogP contribution < -0.4 is 5.32 Å². The first-order valence-corrected chi connectivity index (χ1v) is 6.81. The van der Waals surface area contributed by atoms with E-state index in [-0.39, 0.29) is 6.04 Å². The molecule has 0 aliphatic heterocycles. The Morgan fingerprint density at radius 2 is 2.11 bits per heavy atom. The van der Waals surface area contributed by atoms with E-state index >= 15 is 0 Å². The van der Waals surface area contributed by atoms with Gasteiger partial charge in [-0.05, 0) is 54.7 Å². The van der Waals surface area contributed by atoms with Crippen molar-refractivity contribution in [3.05, 3.63) is 34.9 Å². The number of fused-ring (bicyclic) bond motifs is 1. The standard InChI is InChI=1S/C15H19NO2/c17-15(18)14(12-6-7-12)16-9-10-4-5-11-2-1-3-13(11)8-10/h4-5,8,12,14,16H,1-3,6-7,9H2,(H,17,18). The zero-order valence-electron chi connectivity index (χ0n) is 10.5. The van der Waals surface area contributed by atoms with Crippen molar-refractivity contribution >= 4 is 5.97 Å². The Bertz CT molecular complexity index is 466. The fourth-order valence-electron chi connectivity index (χ4n) is 2.85. The maximum atomic E-state index is 11.1. The van der Waals surface area contributed by atoms with E-state index < -0.39 is 5.97 Å². The molecule has 1 fully saturated rings. The van der Waals surface area contributed by atoms with Gasteiger partial charge in [0.2, 0.25) is 0 Å². The summed E-state index contributed by atoms with van der Waals surface area (Å²) in [5, 5.41) is 12.3. The average molecular weight is 245 g/mol. The highest BCUT2D eigenvalue weighted by atomic mass is 16.4. The van der Waals surface area contributed by atoms with Crippen LogP contribution in [-0.4, -0.2) is 17.1 Å². The van der Waals surface area contributed by atoms with Crippen LogP contribution in [0.1, 0.15) is 36.0 Å². The molecular formula is C15H19NO2. The van der Waals surface area contributed by atoms with Crippen LogP contribution >= 0.6 is 0 Å². The van der Waals surface area contributed by atoms with Crippen LogP contribution in [0.4, 0.5) is 0 Å². The summed E-state index contributed by atoms with van der Waals surface area (Å²) in [4.78, 5) is 11.1. The second-order valence-electron chi connectivity index (χ2n) is 5.49. The van der Waals surface area contributed by atoms with Gasteiger partial charge >= 0.3 is 5.97 Å². The number of carbonyl (C=O) groups is 1. The molecule has 2 N–H and O–H groups in total. The Balaban J connectivity index is 1.64. The summed E-state index contributed by atoms with van der Waals surface area (Å²) in [6, 6.07) is 6.20. The molecule has 1 saturated carbocycles. The highest BCUT2D eigenvalue weighted by molar-refractivity contribution is 5.74. The number of rotatable bonds is 5. The normalized spacial score (nSPS) is 19.6. The molecule has 1 aromatic rings. The van der Waals surface area contributed by atoms with Gasteiger partial charge in [0.1, 0.15) is 6.04 Å². The Labute approximate surface area is 107 Å². The second kappa shape index (κ2) is 4.73. The molecule has 96 valence electrons. The number of aliphatic carboxylic acids is 1. The number of nitrogens with one attached hydrogen (secondary N) is 1. The Morgan fingerprint density at radius 1 is 1.33 bits per heavy atom. The van der Waals surface area contributed by atoms with Crippen molar-refractivity contribution in [2.45, 2.75) is 44.7 Å². The van der Waals surface area contributed by atoms with Crippen LogP contribution in [0.3, 0.4) is 0 Å².